The zero-order chi connectivity index (χ0) is 17.8. The third-order valence-corrected chi connectivity index (χ3v) is 4.61. The molecule has 0 radical (unpaired) electrons. The Labute approximate surface area is 148 Å². The summed E-state index contributed by atoms with van der Waals surface area (Å²) in [4.78, 5) is 14.2. The average Bonchev–Trinajstić information content (AvgIpc) is 2.68. The molecule has 25 heavy (non-hydrogen) atoms. The van der Waals surface area contributed by atoms with Crippen LogP contribution in [0.2, 0.25) is 0 Å². The van der Waals surface area contributed by atoms with Crippen LogP contribution >= 0.6 is 0 Å². The highest BCUT2D eigenvalue weighted by Gasteiger charge is 2.15. The van der Waals surface area contributed by atoms with E-state index in [0.29, 0.717) is 18.7 Å². The predicted octanol–water partition coefficient (Wildman–Crippen LogP) is 4.40. The van der Waals surface area contributed by atoms with Gasteiger partial charge in [-0.15, -0.1) is 0 Å². The molecule has 0 aliphatic carbocycles. The fourth-order valence-corrected chi connectivity index (χ4v) is 3.07. The predicted molar refractivity (Wildman–Crippen MR) is 102 cm³/mol. The van der Waals surface area contributed by atoms with Crippen LogP contribution in [0.1, 0.15) is 41.4 Å². The van der Waals surface area contributed by atoms with E-state index in [1.54, 1.807) is 17.0 Å². The molecular formula is C22H23NO2. The van der Waals surface area contributed by atoms with Gasteiger partial charge < -0.3 is 10.0 Å². The molecule has 0 aliphatic heterocycles. The van der Waals surface area contributed by atoms with Crippen molar-refractivity contribution in [2.24, 2.45) is 0 Å². The van der Waals surface area contributed by atoms with E-state index < -0.39 is 6.10 Å². The fourth-order valence-electron chi connectivity index (χ4n) is 3.07. The van der Waals surface area contributed by atoms with Gasteiger partial charge in [-0.3, -0.25) is 4.79 Å². The van der Waals surface area contributed by atoms with E-state index in [1.165, 1.54) is 0 Å². The second kappa shape index (κ2) is 7.49. The largest absolute Gasteiger partial charge is 0.384 e. The van der Waals surface area contributed by atoms with Crippen molar-refractivity contribution in [2.75, 3.05) is 13.1 Å². The molecule has 3 rings (SSSR count). The molecule has 1 amide bonds. The Kier molecular flexibility index (Phi) is 5.15. The molecule has 0 fully saturated rings. The number of aliphatic hydroxyl groups excluding tert-OH is 1. The van der Waals surface area contributed by atoms with Crippen LogP contribution in [0.5, 0.6) is 0 Å². The van der Waals surface area contributed by atoms with Gasteiger partial charge in [0, 0.05) is 18.7 Å². The Morgan fingerprint density at radius 1 is 0.880 bits per heavy atom. The molecule has 0 heterocycles. The maximum absolute atomic E-state index is 12.4. The summed E-state index contributed by atoms with van der Waals surface area (Å²) in [5.74, 6) is 0.0248. The number of benzene rings is 3. The lowest BCUT2D eigenvalue weighted by Crippen LogP contribution is -2.30. The van der Waals surface area contributed by atoms with Gasteiger partial charge in [-0.25, -0.2) is 0 Å². The fraction of sp³-hybridized carbons (Fsp3) is 0.227. The average molecular weight is 333 g/mol. The molecule has 0 saturated heterocycles. The molecule has 1 N–H and O–H groups in total. The topological polar surface area (TPSA) is 40.5 Å². The van der Waals surface area contributed by atoms with Crippen LogP contribution in [0.15, 0.2) is 66.7 Å². The lowest BCUT2D eigenvalue weighted by atomic mass is 9.97. The summed E-state index contributed by atoms with van der Waals surface area (Å²) in [6.45, 7) is 5.33. The Morgan fingerprint density at radius 2 is 1.48 bits per heavy atom. The second-order valence-electron chi connectivity index (χ2n) is 6.11. The van der Waals surface area contributed by atoms with Gasteiger partial charge in [0.1, 0.15) is 6.10 Å². The maximum atomic E-state index is 12.4. The zero-order valence-electron chi connectivity index (χ0n) is 14.6. The molecule has 1 atom stereocenters. The number of carbonyl (C=O) groups is 1. The number of fused-ring (bicyclic) bond motifs is 1. The van der Waals surface area contributed by atoms with E-state index in [-0.39, 0.29) is 5.91 Å². The highest BCUT2D eigenvalue weighted by atomic mass is 16.3. The number of aliphatic hydroxyl groups is 1. The van der Waals surface area contributed by atoms with Gasteiger partial charge in [0.05, 0.1) is 0 Å². The van der Waals surface area contributed by atoms with Crippen molar-refractivity contribution < 1.29 is 9.90 Å². The lowest BCUT2D eigenvalue weighted by Gasteiger charge is -2.19. The number of amides is 1. The Bertz CT molecular complexity index is 867. The highest BCUT2D eigenvalue weighted by molar-refractivity contribution is 5.94. The Morgan fingerprint density at radius 3 is 2.12 bits per heavy atom. The zero-order valence-corrected chi connectivity index (χ0v) is 14.6. The molecule has 3 heteroatoms. The van der Waals surface area contributed by atoms with Crippen molar-refractivity contribution in [3.63, 3.8) is 0 Å². The second-order valence-corrected chi connectivity index (χ2v) is 6.11. The summed E-state index contributed by atoms with van der Waals surface area (Å²) in [6.07, 6.45) is -0.706. The summed E-state index contributed by atoms with van der Waals surface area (Å²) in [7, 11) is 0. The standard InChI is InChI=1S/C22H23NO2/c1-3-23(4-2)22(25)18-12-10-17(11-13-18)21(24)20-14-9-16-7-5-6-8-19(16)15-20/h5-15,21,24H,3-4H2,1-2H3. The van der Waals surface area contributed by atoms with Gasteiger partial charge >= 0.3 is 0 Å². The molecule has 0 bridgehead atoms. The minimum absolute atomic E-state index is 0.0248. The number of carbonyl (C=O) groups excluding carboxylic acids is 1. The summed E-state index contributed by atoms with van der Waals surface area (Å²) in [6, 6.07) is 21.3. The first kappa shape index (κ1) is 17.2. The third kappa shape index (κ3) is 3.57. The van der Waals surface area contributed by atoms with Gasteiger partial charge in [-0.1, -0.05) is 48.5 Å². The molecule has 0 aromatic heterocycles. The van der Waals surface area contributed by atoms with Crippen LogP contribution < -0.4 is 0 Å². The summed E-state index contributed by atoms with van der Waals surface area (Å²) in [5.41, 5.74) is 2.28. The molecule has 1 unspecified atom stereocenters. The van der Waals surface area contributed by atoms with Crippen molar-refractivity contribution in [3.8, 4) is 0 Å². The third-order valence-electron chi connectivity index (χ3n) is 4.61. The SMILES string of the molecule is CCN(CC)C(=O)c1ccc(C(O)c2ccc3ccccc3c2)cc1. The van der Waals surface area contributed by atoms with Gasteiger partial charge in [-0.2, -0.15) is 0 Å². The molecular weight excluding hydrogens is 310 g/mol. The highest BCUT2D eigenvalue weighted by Crippen LogP contribution is 2.26. The smallest absolute Gasteiger partial charge is 0.253 e. The van der Waals surface area contributed by atoms with E-state index >= 15 is 0 Å². The maximum Gasteiger partial charge on any atom is 0.253 e. The van der Waals surface area contributed by atoms with Crippen LogP contribution in [0.25, 0.3) is 10.8 Å². The summed E-state index contributed by atoms with van der Waals surface area (Å²) < 4.78 is 0. The van der Waals surface area contributed by atoms with Gasteiger partial charge in [-0.05, 0) is 53.9 Å². The van der Waals surface area contributed by atoms with Crippen LogP contribution in [0, 0.1) is 0 Å². The molecule has 3 aromatic rings. The number of nitrogens with zero attached hydrogens (tertiary/aromatic N) is 1. The van der Waals surface area contributed by atoms with Gasteiger partial charge in [0.15, 0.2) is 0 Å². The summed E-state index contributed by atoms with van der Waals surface area (Å²) >= 11 is 0. The minimum atomic E-state index is -0.706. The van der Waals surface area contributed by atoms with Crippen molar-refractivity contribution in [1.29, 1.82) is 0 Å². The molecule has 0 spiro atoms. The Hall–Kier alpha value is -2.65. The number of hydrogen-bond donors (Lipinski definition) is 1. The summed E-state index contributed by atoms with van der Waals surface area (Å²) in [5, 5.41) is 12.9. The van der Waals surface area contributed by atoms with Crippen LogP contribution in [-0.2, 0) is 0 Å². The van der Waals surface area contributed by atoms with Crippen LogP contribution in [0.3, 0.4) is 0 Å². The minimum Gasteiger partial charge on any atom is -0.384 e. The van der Waals surface area contributed by atoms with Gasteiger partial charge in [0.25, 0.3) is 5.91 Å². The first-order chi connectivity index (χ1) is 12.1. The van der Waals surface area contributed by atoms with Crippen molar-refractivity contribution >= 4 is 16.7 Å². The van der Waals surface area contributed by atoms with E-state index in [4.69, 9.17) is 0 Å². The van der Waals surface area contributed by atoms with E-state index in [2.05, 4.69) is 6.07 Å². The van der Waals surface area contributed by atoms with Crippen molar-refractivity contribution in [1.82, 2.24) is 4.90 Å². The lowest BCUT2D eigenvalue weighted by molar-refractivity contribution is 0.0773. The molecule has 3 aromatic carbocycles. The van der Waals surface area contributed by atoms with Gasteiger partial charge in [0.2, 0.25) is 0 Å². The quantitative estimate of drug-likeness (QED) is 0.751. The number of rotatable bonds is 5. The van der Waals surface area contributed by atoms with Crippen LogP contribution in [0.4, 0.5) is 0 Å². The molecule has 128 valence electrons. The molecule has 0 aliphatic rings. The first-order valence-corrected chi connectivity index (χ1v) is 8.70. The van der Waals surface area contributed by atoms with E-state index in [9.17, 15) is 9.90 Å². The van der Waals surface area contributed by atoms with Crippen molar-refractivity contribution in [2.45, 2.75) is 20.0 Å². The van der Waals surface area contributed by atoms with Crippen LogP contribution in [-0.4, -0.2) is 29.0 Å². The van der Waals surface area contributed by atoms with Crippen molar-refractivity contribution in [3.05, 3.63) is 83.4 Å². The molecule has 3 nitrogen and oxygen atoms in total. The normalized spacial score (nSPS) is 12.1. The Balaban J connectivity index is 1.84. The monoisotopic (exact) mass is 333 g/mol. The first-order valence-electron chi connectivity index (χ1n) is 8.70. The molecule has 0 saturated carbocycles. The number of hydrogen-bond acceptors (Lipinski definition) is 2. The van der Waals surface area contributed by atoms with E-state index in [0.717, 1.165) is 21.9 Å². The van der Waals surface area contributed by atoms with E-state index in [1.807, 2.05) is 62.4 Å².